The van der Waals surface area contributed by atoms with E-state index in [-0.39, 0.29) is 10.0 Å². The predicted molar refractivity (Wildman–Crippen MR) is 70.7 cm³/mol. The molecule has 1 aromatic carbocycles. The van der Waals surface area contributed by atoms with Crippen molar-refractivity contribution in [2.75, 3.05) is 19.0 Å². The smallest absolute Gasteiger partial charge is 0.339 e. The molecule has 4 nitrogen and oxygen atoms in total. The summed E-state index contributed by atoms with van der Waals surface area (Å²) in [6.45, 7) is 0. The van der Waals surface area contributed by atoms with Crippen molar-refractivity contribution in [3.8, 4) is 0 Å². The van der Waals surface area contributed by atoms with E-state index in [1.165, 1.54) is 18.3 Å². The number of carboxylic acid groups (broad SMARTS) is 1. The number of fused-ring (bicyclic) bond motifs is 1. The van der Waals surface area contributed by atoms with Gasteiger partial charge in [-0.05, 0) is 28.1 Å². The van der Waals surface area contributed by atoms with Crippen LogP contribution in [-0.2, 0) is 0 Å². The van der Waals surface area contributed by atoms with Gasteiger partial charge < -0.3 is 10.0 Å². The molecule has 94 valence electrons. The van der Waals surface area contributed by atoms with E-state index in [1.54, 1.807) is 19.0 Å². The number of anilines is 1. The van der Waals surface area contributed by atoms with E-state index in [0.29, 0.717) is 16.6 Å². The Morgan fingerprint density at radius 1 is 1.44 bits per heavy atom. The van der Waals surface area contributed by atoms with Crippen molar-refractivity contribution in [1.29, 1.82) is 0 Å². The van der Waals surface area contributed by atoms with Crippen molar-refractivity contribution in [2.24, 2.45) is 0 Å². The second-order valence-corrected chi connectivity index (χ2v) is 4.77. The Labute approximate surface area is 111 Å². The molecule has 0 aliphatic heterocycles. The fourth-order valence-corrected chi connectivity index (χ4v) is 2.28. The molecule has 1 aromatic heterocycles. The fraction of sp³-hybridized carbons (Fsp3) is 0.167. The van der Waals surface area contributed by atoms with Crippen LogP contribution >= 0.6 is 15.9 Å². The van der Waals surface area contributed by atoms with Crippen molar-refractivity contribution in [2.45, 2.75) is 0 Å². The lowest BCUT2D eigenvalue weighted by atomic mass is 10.1. The molecule has 1 heterocycles. The van der Waals surface area contributed by atoms with Crippen LogP contribution in [0.25, 0.3) is 10.9 Å². The first kappa shape index (κ1) is 12.8. The zero-order valence-corrected chi connectivity index (χ0v) is 11.3. The maximum absolute atomic E-state index is 13.4. The molecule has 0 saturated heterocycles. The first-order chi connectivity index (χ1) is 8.43. The van der Waals surface area contributed by atoms with Crippen molar-refractivity contribution in [3.05, 3.63) is 34.2 Å². The lowest BCUT2D eigenvalue weighted by Crippen LogP contribution is -2.15. The van der Waals surface area contributed by atoms with E-state index in [4.69, 9.17) is 5.11 Å². The highest BCUT2D eigenvalue weighted by molar-refractivity contribution is 9.10. The molecule has 0 saturated carbocycles. The minimum absolute atomic E-state index is 0.0889. The Morgan fingerprint density at radius 3 is 2.67 bits per heavy atom. The number of hydrogen-bond acceptors (Lipinski definition) is 3. The van der Waals surface area contributed by atoms with E-state index in [0.717, 1.165) is 0 Å². The summed E-state index contributed by atoms with van der Waals surface area (Å²) in [4.78, 5) is 16.9. The van der Waals surface area contributed by atoms with Crippen LogP contribution in [0, 0.1) is 5.82 Å². The van der Waals surface area contributed by atoms with Crippen molar-refractivity contribution in [3.63, 3.8) is 0 Å². The van der Waals surface area contributed by atoms with Gasteiger partial charge in [-0.1, -0.05) is 0 Å². The third-order valence-corrected chi connectivity index (χ3v) is 3.33. The molecule has 18 heavy (non-hydrogen) atoms. The van der Waals surface area contributed by atoms with Gasteiger partial charge in [0.1, 0.15) is 11.4 Å². The molecule has 0 amide bonds. The van der Waals surface area contributed by atoms with Crippen LogP contribution in [-0.4, -0.2) is 30.2 Å². The first-order valence-corrected chi connectivity index (χ1v) is 5.90. The lowest BCUT2D eigenvalue weighted by Gasteiger charge is -2.18. The van der Waals surface area contributed by atoms with Crippen LogP contribution in [0.15, 0.2) is 22.8 Å². The van der Waals surface area contributed by atoms with Gasteiger partial charge in [0.25, 0.3) is 0 Å². The van der Waals surface area contributed by atoms with Crippen molar-refractivity contribution >= 4 is 38.5 Å². The quantitative estimate of drug-likeness (QED) is 0.926. The van der Waals surface area contributed by atoms with E-state index < -0.39 is 11.8 Å². The number of carbonyl (C=O) groups is 1. The number of halogens is 2. The molecule has 0 spiro atoms. The maximum Gasteiger partial charge on any atom is 0.339 e. The molecule has 0 atom stereocenters. The fourth-order valence-electron chi connectivity index (χ4n) is 1.83. The van der Waals surface area contributed by atoms with Crippen molar-refractivity contribution < 1.29 is 14.3 Å². The van der Waals surface area contributed by atoms with Gasteiger partial charge in [-0.15, -0.1) is 0 Å². The number of pyridine rings is 1. The summed E-state index contributed by atoms with van der Waals surface area (Å²) in [5.41, 5.74) is 1.00. The summed E-state index contributed by atoms with van der Waals surface area (Å²) >= 11 is 3.12. The molecule has 2 aromatic rings. The number of hydrogen-bond donors (Lipinski definition) is 1. The molecule has 0 fully saturated rings. The Morgan fingerprint density at radius 2 is 2.11 bits per heavy atom. The Balaban J connectivity index is 2.91. The molecule has 0 radical (unpaired) electrons. The van der Waals surface area contributed by atoms with Gasteiger partial charge in [-0.3, -0.25) is 4.98 Å². The minimum atomic E-state index is -1.06. The number of aromatic carboxylic acids is 1. The molecule has 1 N–H and O–H groups in total. The summed E-state index contributed by atoms with van der Waals surface area (Å²) in [6, 6.07) is 2.82. The number of aromatic nitrogens is 1. The van der Waals surface area contributed by atoms with Crippen LogP contribution in [0.2, 0.25) is 0 Å². The first-order valence-electron chi connectivity index (χ1n) is 5.10. The van der Waals surface area contributed by atoms with Crippen LogP contribution in [0.3, 0.4) is 0 Å². The van der Waals surface area contributed by atoms with Crippen molar-refractivity contribution in [1.82, 2.24) is 4.98 Å². The summed E-state index contributed by atoms with van der Waals surface area (Å²) in [6.07, 6.45) is 1.24. The summed E-state index contributed by atoms with van der Waals surface area (Å²) in [7, 11) is 3.47. The van der Waals surface area contributed by atoms with E-state index in [9.17, 15) is 9.18 Å². The standard InChI is InChI=1S/C12H10BrFN2O2/c1-16(2)11-6-3-4-8(14)9(13)10(6)15-5-7(11)12(17)18/h3-5H,1-2H3,(H,17,18). The number of rotatable bonds is 2. The topological polar surface area (TPSA) is 53.4 Å². The zero-order chi connectivity index (χ0) is 13.4. The third-order valence-electron chi connectivity index (χ3n) is 2.58. The molecule has 0 aliphatic carbocycles. The predicted octanol–water partition coefficient (Wildman–Crippen LogP) is 2.90. The average molecular weight is 313 g/mol. The molecule has 2 rings (SSSR count). The second kappa shape index (κ2) is 4.53. The average Bonchev–Trinajstić information content (AvgIpc) is 2.32. The Kier molecular flexibility index (Phi) is 3.21. The van der Waals surface area contributed by atoms with Gasteiger partial charge in [0.15, 0.2) is 0 Å². The highest BCUT2D eigenvalue weighted by atomic mass is 79.9. The summed E-state index contributed by atoms with van der Waals surface area (Å²) < 4.78 is 13.7. The largest absolute Gasteiger partial charge is 0.478 e. The molecule has 0 aliphatic rings. The monoisotopic (exact) mass is 312 g/mol. The highest BCUT2D eigenvalue weighted by Crippen LogP contribution is 2.33. The molecule has 6 heteroatoms. The van der Waals surface area contributed by atoms with Crippen LogP contribution < -0.4 is 4.90 Å². The van der Waals surface area contributed by atoms with E-state index in [2.05, 4.69) is 20.9 Å². The van der Waals surface area contributed by atoms with Gasteiger partial charge in [0, 0.05) is 25.7 Å². The van der Waals surface area contributed by atoms with Gasteiger partial charge >= 0.3 is 5.97 Å². The summed E-state index contributed by atoms with van der Waals surface area (Å²) in [5.74, 6) is -1.49. The van der Waals surface area contributed by atoms with Crippen LogP contribution in [0.5, 0.6) is 0 Å². The SMILES string of the molecule is CN(C)c1c(C(=O)O)cnc2c(Br)c(F)ccc12. The highest BCUT2D eigenvalue weighted by Gasteiger charge is 2.18. The zero-order valence-electron chi connectivity index (χ0n) is 9.74. The molecular formula is C12H10BrFN2O2. The second-order valence-electron chi connectivity index (χ2n) is 3.98. The minimum Gasteiger partial charge on any atom is -0.478 e. The number of benzene rings is 1. The Bertz CT molecular complexity index is 644. The molecular weight excluding hydrogens is 303 g/mol. The third kappa shape index (κ3) is 1.92. The van der Waals surface area contributed by atoms with Gasteiger partial charge in [0.2, 0.25) is 0 Å². The molecule has 0 unspecified atom stereocenters. The molecule has 0 bridgehead atoms. The number of nitrogens with zero attached hydrogens (tertiary/aromatic N) is 2. The van der Waals surface area contributed by atoms with Gasteiger partial charge in [-0.25, -0.2) is 9.18 Å². The van der Waals surface area contributed by atoms with Crippen LogP contribution in [0.1, 0.15) is 10.4 Å². The van der Waals surface area contributed by atoms with Crippen LogP contribution in [0.4, 0.5) is 10.1 Å². The van der Waals surface area contributed by atoms with E-state index in [1.807, 2.05) is 0 Å². The van der Waals surface area contributed by atoms with Gasteiger partial charge in [0.05, 0.1) is 15.7 Å². The summed E-state index contributed by atoms with van der Waals surface area (Å²) in [5, 5.41) is 9.74. The lowest BCUT2D eigenvalue weighted by molar-refractivity contribution is 0.0697. The number of carboxylic acids is 1. The normalized spacial score (nSPS) is 10.7. The van der Waals surface area contributed by atoms with E-state index >= 15 is 0 Å². The maximum atomic E-state index is 13.4. The Hall–Kier alpha value is -1.69. The van der Waals surface area contributed by atoms with Gasteiger partial charge in [-0.2, -0.15) is 0 Å².